The van der Waals surface area contributed by atoms with Gasteiger partial charge in [-0.05, 0) is 25.2 Å². The van der Waals surface area contributed by atoms with Gasteiger partial charge in [-0.1, -0.05) is 45.4 Å². The van der Waals surface area contributed by atoms with Gasteiger partial charge in [-0.25, -0.2) is 0 Å². The van der Waals surface area contributed by atoms with E-state index in [-0.39, 0.29) is 5.92 Å². The predicted octanol–water partition coefficient (Wildman–Crippen LogP) is 3.85. The summed E-state index contributed by atoms with van der Waals surface area (Å²) in [6, 6.07) is 0. The quantitative estimate of drug-likeness (QED) is 0.651. The molecule has 0 aliphatic heterocycles. The minimum Gasteiger partial charge on any atom is -0.481 e. The number of rotatable bonds is 7. The van der Waals surface area contributed by atoms with Crippen LogP contribution < -0.4 is 0 Å². The van der Waals surface area contributed by atoms with Crippen LogP contribution in [-0.4, -0.2) is 11.1 Å². The average Bonchev–Trinajstić information content (AvgIpc) is 2.66. The third-order valence-corrected chi connectivity index (χ3v) is 3.65. The second-order valence-electron chi connectivity index (χ2n) is 4.84. The van der Waals surface area contributed by atoms with Gasteiger partial charge in [-0.15, -0.1) is 0 Å². The lowest BCUT2D eigenvalue weighted by Crippen LogP contribution is -2.18. The highest BCUT2D eigenvalue weighted by Crippen LogP contribution is 2.35. The molecule has 1 fully saturated rings. The molecular weight excluding hydrogens is 188 g/mol. The maximum atomic E-state index is 10.9. The smallest absolute Gasteiger partial charge is 0.306 e. The topological polar surface area (TPSA) is 37.3 Å². The molecule has 1 rings (SSSR count). The lowest BCUT2D eigenvalue weighted by Gasteiger charge is -2.15. The maximum absolute atomic E-state index is 10.9. The van der Waals surface area contributed by atoms with E-state index in [9.17, 15) is 4.79 Å². The monoisotopic (exact) mass is 212 g/mol. The van der Waals surface area contributed by atoms with Crippen LogP contribution in [-0.2, 0) is 4.79 Å². The van der Waals surface area contributed by atoms with Gasteiger partial charge in [-0.2, -0.15) is 0 Å². The van der Waals surface area contributed by atoms with Gasteiger partial charge in [0.25, 0.3) is 0 Å². The van der Waals surface area contributed by atoms with Crippen LogP contribution in [0.1, 0.15) is 64.7 Å². The Kier molecular flexibility index (Phi) is 5.74. The fourth-order valence-corrected chi connectivity index (χ4v) is 2.72. The third-order valence-electron chi connectivity index (χ3n) is 3.65. The summed E-state index contributed by atoms with van der Waals surface area (Å²) >= 11 is 0. The number of hydrogen-bond acceptors (Lipinski definition) is 1. The Morgan fingerprint density at radius 1 is 1.20 bits per heavy atom. The van der Waals surface area contributed by atoms with Crippen molar-refractivity contribution < 1.29 is 9.90 Å². The molecule has 15 heavy (non-hydrogen) atoms. The van der Waals surface area contributed by atoms with E-state index in [1.807, 2.05) is 0 Å². The molecule has 1 aliphatic rings. The molecule has 1 aliphatic carbocycles. The van der Waals surface area contributed by atoms with Crippen molar-refractivity contribution in [3.63, 3.8) is 0 Å². The van der Waals surface area contributed by atoms with Crippen molar-refractivity contribution in [1.82, 2.24) is 0 Å². The normalized spacial score (nSPS) is 25.7. The number of carboxylic acid groups (broad SMARTS) is 1. The Hall–Kier alpha value is -0.530. The van der Waals surface area contributed by atoms with Gasteiger partial charge >= 0.3 is 5.97 Å². The Morgan fingerprint density at radius 3 is 2.60 bits per heavy atom. The van der Waals surface area contributed by atoms with Crippen molar-refractivity contribution in [3.05, 3.63) is 0 Å². The van der Waals surface area contributed by atoms with E-state index >= 15 is 0 Å². The SMILES string of the molecule is CCCCCCCC1CCCC1C(=O)O. The van der Waals surface area contributed by atoms with Gasteiger partial charge in [0.1, 0.15) is 0 Å². The third kappa shape index (κ3) is 4.23. The molecule has 2 unspecified atom stereocenters. The van der Waals surface area contributed by atoms with Crippen molar-refractivity contribution in [1.29, 1.82) is 0 Å². The zero-order valence-electron chi connectivity index (χ0n) is 9.87. The summed E-state index contributed by atoms with van der Waals surface area (Å²) < 4.78 is 0. The number of unbranched alkanes of at least 4 members (excludes halogenated alkanes) is 4. The highest BCUT2D eigenvalue weighted by molar-refractivity contribution is 5.70. The van der Waals surface area contributed by atoms with Crippen LogP contribution in [0.15, 0.2) is 0 Å². The second-order valence-corrected chi connectivity index (χ2v) is 4.84. The Bertz CT molecular complexity index is 189. The molecule has 0 heterocycles. The molecular formula is C13H24O2. The van der Waals surface area contributed by atoms with Crippen LogP contribution in [0.5, 0.6) is 0 Å². The fraction of sp³-hybridized carbons (Fsp3) is 0.923. The zero-order valence-corrected chi connectivity index (χ0v) is 9.87. The van der Waals surface area contributed by atoms with Crippen molar-refractivity contribution in [2.75, 3.05) is 0 Å². The predicted molar refractivity (Wildman–Crippen MR) is 61.8 cm³/mol. The fourth-order valence-electron chi connectivity index (χ4n) is 2.72. The summed E-state index contributed by atoms with van der Waals surface area (Å²) in [5.41, 5.74) is 0. The summed E-state index contributed by atoms with van der Waals surface area (Å²) in [6.45, 7) is 2.22. The van der Waals surface area contributed by atoms with Crippen LogP contribution >= 0.6 is 0 Å². The van der Waals surface area contributed by atoms with E-state index in [0.717, 1.165) is 25.7 Å². The number of carbonyl (C=O) groups is 1. The summed E-state index contributed by atoms with van der Waals surface area (Å²) in [5.74, 6) is -0.119. The maximum Gasteiger partial charge on any atom is 0.306 e. The van der Waals surface area contributed by atoms with Gasteiger partial charge in [0, 0.05) is 0 Å². The molecule has 2 heteroatoms. The van der Waals surface area contributed by atoms with Crippen LogP contribution in [0, 0.1) is 11.8 Å². The summed E-state index contributed by atoms with van der Waals surface area (Å²) in [4.78, 5) is 10.9. The largest absolute Gasteiger partial charge is 0.481 e. The van der Waals surface area contributed by atoms with E-state index < -0.39 is 5.97 Å². The van der Waals surface area contributed by atoms with Crippen LogP contribution in [0.2, 0.25) is 0 Å². The molecule has 0 aromatic carbocycles. The Balaban J connectivity index is 2.12. The van der Waals surface area contributed by atoms with E-state index in [4.69, 9.17) is 5.11 Å². The van der Waals surface area contributed by atoms with E-state index in [1.54, 1.807) is 0 Å². The number of carboxylic acids is 1. The summed E-state index contributed by atoms with van der Waals surface area (Å²) in [7, 11) is 0. The molecule has 0 aromatic rings. The highest BCUT2D eigenvalue weighted by atomic mass is 16.4. The lowest BCUT2D eigenvalue weighted by atomic mass is 9.90. The van der Waals surface area contributed by atoms with E-state index in [1.165, 1.54) is 32.1 Å². The molecule has 0 aromatic heterocycles. The Morgan fingerprint density at radius 2 is 1.93 bits per heavy atom. The highest BCUT2D eigenvalue weighted by Gasteiger charge is 2.31. The number of hydrogen-bond donors (Lipinski definition) is 1. The minimum atomic E-state index is -0.564. The molecule has 1 N–H and O–H groups in total. The van der Waals surface area contributed by atoms with Crippen molar-refractivity contribution in [2.24, 2.45) is 11.8 Å². The Labute approximate surface area is 93.1 Å². The van der Waals surface area contributed by atoms with Gasteiger partial charge < -0.3 is 5.11 Å². The van der Waals surface area contributed by atoms with Crippen molar-refractivity contribution >= 4 is 5.97 Å². The zero-order chi connectivity index (χ0) is 11.1. The molecule has 0 amide bonds. The second kappa shape index (κ2) is 6.86. The molecule has 2 nitrogen and oxygen atoms in total. The molecule has 0 spiro atoms. The first-order valence-corrected chi connectivity index (χ1v) is 6.48. The first-order valence-electron chi connectivity index (χ1n) is 6.48. The van der Waals surface area contributed by atoms with Crippen molar-refractivity contribution in [2.45, 2.75) is 64.7 Å². The van der Waals surface area contributed by atoms with Crippen LogP contribution in [0.3, 0.4) is 0 Å². The van der Waals surface area contributed by atoms with Crippen LogP contribution in [0.4, 0.5) is 0 Å². The first-order chi connectivity index (χ1) is 7.25. The molecule has 2 atom stereocenters. The lowest BCUT2D eigenvalue weighted by molar-refractivity contribution is -0.143. The van der Waals surface area contributed by atoms with Gasteiger partial charge in [0.2, 0.25) is 0 Å². The molecule has 88 valence electrons. The van der Waals surface area contributed by atoms with Gasteiger partial charge in [-0.3, -0.25) is 4.79 Å². The van der Waals surface area contributed by atoms with Crippen LogP contribution in [0.25, 0.3) is 0 Å². The van der Waals surface area contributed by atoms with Gasteiger partial charge in [0.15, 0.2) is 0 Å². The number of aliphatic carboxylic acids is 1. The average molecular weight is 212 g/mol. The molecule has 0 saturated heterocycles. The molecule has 0 bridgehead atoms. The summed E-state index contributed by atoms with van der Waals surface area (Å²) in [6.07, 6.45) is 10.8. The summed E-state index contributed by atoms with van der Waals surface area (Å²) in [5, 5.41) is 9.02. The van der Waals surface area contributed by atoms with E-state index in [2.05, 4.69) is 6.92 Å². The standard InChI is InChI=1S/C13H24O2/c1-2-3-4-5-6-8-11-9-7-10-12(11)13(14)15/h11-12H,2-10H2,1H3,(H,14,15). The molecule has 0 radical (unpaired) electrons. The molecule has 1 saturated carbocycles. The van der Waals surface area contributed by atoms with E-state index in [0.29, 0.717) is 5.92 Å². The van der Waals surface area contributed by atoms with Gasteiger partial charge in [0.05, 0.1) is 5.92 Å². The minimum absolute atomic E-state index is 0.0313. The first kappa shape index (κ1) is 12.5. The van der Waals surface area contributed by atoms with Crippen molar-refractivity contribution in [3.8, 4) is 0 Å².